The number of hydrogen-bond acceptors (Lipinski definition) is 5. The fourth-order valence-corrected chi connectivity index (χ4v) is 4.80. The molecule has 9 heteroatoms. The average Bonchev–Trinajstić information content (AvgIpc) is 2.69. The predicted molar refractivity (Wildman–Crippen MR) is 116 cm³/mol. The smallest absolute Gasteiger partial charge is 0.261 e. The summed E-state index contributed by atoms with van der Waals surface area (Å²) in [7, 11) is -7.98. The van der Waals surface area contributed by atoms with Crippen molar-refractivity contribution in [1.82, 2.24) is 0 Å². The van der Waals surface area contributed by atoms with Gasteiger partial charge in [0.1, 0.15) is 6.29 Å². The molecule has 0 saturated heterocycles. The quantitative estimate of drug-likeness (QED) is 0.540. The zero-order valence-electron chi connectivity index (χ0n) is 16.3. The number of carbonyl (C=O) groups excluding carboxylic acids is 1. The molecule has 0 fully saturated rings. The lowest BCUT2D eigenvalue weighted by molar-refractivity contribution is 0.112. The Morgan fingerprint density at radius 1 is 0.633 bits per heavy atom. The van der Waals surface area contributed by atoms with Crippen molar-refractivity contribution in [2.45, 2.75) is 23.6 Å². The SMILES string of the molecule is Cc1ccc(S(=O)(=O)Nc2ccc(C=O)cc2NS(=O)(=O)c2ccc(C)cc2)cc1. The summed E-state index contributed by atoms with van der Waals surface area (Å²) in [6.07, 6.45) is 0.544. The molecule has 0 heterocycles. The number of aldehydes is 1. The summed E-state index contributed by atoms with van der Waals surface area (Å²) in [5.74, 6) is 0. The largest absolute Gasteiger partial charge is 0.298 e. The van der Waals surface area contributed by atoms with Crippen LogP contribution in [0, 0.1) is 13.8 Å². The number of carbonyl (C=O) groups is 1. The second-order valence-electron chi connectivity index (χ2n) is 6.76. The molecular formula is C21H20N2O5S2. The van der Waals surface area contributed by atoms with E-state index >= 15 is 0 Å². The van der Waals surface area contributed by atoms with Crippen molar-refractivity contribution in [2.75, 3.05) is 9.44 Å². The molecule has 0 aliphatic rings. The third kappa shape index (κ3) is 4.87. The molecule has 0 atom stereocenters. The van der Waals surface area contributed by atoms with Crippen LogP contribution in [0.5, 0.6) is 0 Å². The van der Waals surface area contributed by atoms with Crippen LogP contribution < -0.4 is 9.44 Å². The molecular weight excluding hydrogens is 424 g/mol. The summed E-state index contributed by atoms with van der Waals surface area (Å²) in [5, 5.41) is 0. The molecule has 156 valence electrons. The van der Waals surface area contributed by atoms with Gasteiger partial charge < -0.3 is 0 Å². The van der Waals surface area contributed by atoms with E-state index < -0.39 is 20.0 Å². The van der Waals surface area contributed by atoms with Gasteiger partial charge in [-0.15, -0.1) is 0 Å². The maximum absolute atomic E-state index is 12.8. The molecule has 0 spiro atoms. The number of nitrogens with one attached hydrogen (secondary N) is 2. The topological polar surface area (TPSA) is 109 Å². The van der Waals surface area contributed by atoms with Gasteiger partial charge in [-0.05, 0) is 56.3 Å². The summed E-state index contributed by atoms with van der Waals surface area (Å²) >= 11 is 0. The van der Waals surface area contributed by atoms with Crippen LogP contribution in [0.25, 0.3) is 0 Å². The summed E-state index contributed by atoms with van der Waals surface area (Å²) in [6.45, 7) is 3.66. The van der Waals surface area contributed by atoms with Gasteiger partial charge in [-0.25, -0.2) is 16.8 Å². The lowest BCUT2D eigenvalue weighted by Crippen LogP contribution is -2.18. The van der Waals surface area contributed by atoms with E-state index in [2.05, 4.69) is 9.44 Å². The van der Waals surface area contributed by atoms with Crippen molar-refractivity contribution in [3.05, 3.63) is 83.4 Å². The molecule has 0 saturated carbocycles. The second-order valence-corrected chi connectivity index (χ2v) is 10.1. The number of aryl methyl sites for hydroxylation is 2. The van der Waals surface area contributed by atoms with Crippen LogP contribution in [0.1, 0.15) is 21.5 Å². The first kappa shape index (κ1) is 21.5. The van der Waals surface area contributed by atoms with Gasteiger partial charge in [-0.2, -0.15) is 0 Å². The Morgan fingerprint density at radius 2 is 1.07 bits per heavy atom. The van der Waals surface area contributed by atoms with Crippen molar-refractivity contribution < 1.29 is 21.6 Å². The minimum absolute atomic E-state index is 0.00291. The van der Waals surface area contributed by atoms with Crippen molar-refractivity contribution >= 4 is 37.7 Å². The van der Waals surface area contributed by atoms with Crippen LogP contribution in [0.4, 0.5) is 11.4 Å². The molecule has 0 aromatic heterocycles. The summed E-state index contributed by atoms with van der Waals surface area (Å²) in [4.78, 5) is 11.2. The molecule has 3 aromatic rings. The van der Waals surface area contributed by atoms with E-state index in [-0.39, 0.29) is 26.7 Å². The molecule has 0 aliphatic carbocycles. The molecule has 0 amide bonds. The Kier molecular flexibility index (Phi) is 5.95. The van der Waals surface area contributed by atoms with Gasteiger partial charge in [-0.3, -0.25) is 14.2 Å². The minimum atomic E-state index is -4.00. The zero-order valence-corrected chi connectivity index (χ0v) is 17.9. The predicted octanol–water partition coefficient (Wildman–Crippen LogP) is 3.72. The van der Waals surface area contributed by atoms with Crippen molar-refractivity contribution in [3.63, 3.8) is 0 Å². The van der Waals surface area contributed by atoms with Crippen molar-refractivity contribution in [3.8, 4) is 0 Å². The van der Waals surface area contributed by atoms with Gasteiger partial charge in [0.05, 0.1) is 21.2 Å². The maximum atomic E-state index is 12.8. The standard InChI is InChI=1S/C21H20N2O5S2/c1-15-3-8-18(9-4-15)29(25,26)22-20-12-7-17(14-24)13-21(20)23-30(27,28)19-10-5-16(2)6-11-19/h3-14,22-23H,1-2H3. The van der Waals surface area contributed by atoms with E-state index in [9.17, 15) is 21.6 Å². The normalized spacial score (nSPS) is 11.7. The van der Waals surface area contributed by atoms with Crippen LogP contribution in [0.2, 0.25) is 0 Å². The van der Waals surface area contributed by atoms with Gasteiger partial charge in [0.25, 0.3) is 20.0 Å². The van der Waals surface area contributed by atoms with Crippen LogP contribution in [-0.4, -0.2) is 23.1 Å². The Bertz CT molecular complexity index is 1280. The Morgan fingerprint density at radius 3 is 1.50 bits per heavy atom. The van der Waals surface area contributed by atoms with Crippen molar-refractivity contribution in [2.24, 2.45) is 0 Å². The Labute approximate surface area is 175 Å². The lowest BCUT2D eigenvalue weighted by Gasteiger charge is -2.15. The van der Waals surface area contributed by atoms with Gasteiger partial charge in [0, 0.05) is 5.56 Å². The van der Waals surface area contributed by atoms with Crippen LogP contribution >= 0.6 is 0 Å². The number of anilines is 2. The van der Waals surface area contributed by atoms with Gasteiger partial charge in [-0.1, -0.05) is 35.4 Å². The highest BCUT2D eigenvalue weighted by molar-refractivity contribution is 7.93. The van der Waals surface area contributed by atoms with Crippen molar-refractivity contribution in [1.29, 1.82) is 0 Å². The second kappa shape index (κ2) is 8.29. The molecule has 3 aromatic carbocycles. The molecule has 0 aliphatic heterocycles. The van der Waals surface area contributed by atoms with Gasteiger partial charge in [0.15, 0.2) is 0 Å². The Hall–Kier alpha value is -3.17. The Balaban J connectivity index is 1.99. The molecule has 7 nitrogen and oxygen atoms in total. The number of sulfonamides is 2. The average molecular weight is 445 g/mol. The van der Waals surface area contributed by atoms with Crippen LogP contribution in [0.15, 0.2) is 76.5 Å². The van der Waals surface area contributed by atoms with E-state index in [0.717, 1.165) is 11.1 Å². The first-order valence-electron chi connectivity index (χ1n) is 8.89. The third-order valence-corrected chi connectivity index (χ3v) is 7.09. The molecule has 2 N–H and O–H groups in total. The lowest BCUT2D eigenvalue weighted by atomic mass is 10.2. The highest BCUT2D eigenvalue weighted by Crippen LogP contribution is 2.28. The molecule has 0 radical (unpaired) electrons. The summed E-state index contributed by atoms with van der Waals surface area (Å²) < 4.78 is 55.7. The van der Waals surface area contributed by atoms with E-state index in [0.29, 0.717) is 6.29 Å². The fraction of sp³-hybridized carbons (Fsp3) is 0.0952. The maximum Gasteiger partial charge on any atom is 0.261 e. The monoisotopic (exact) mass is 444 g/mol. The summed E-state index contributed by atoms with van der Waals surface area (Å²) in [6, 6.07) is 16.4. The highest BCUT2D eigenvalue weighted by Gasteiger charge is 2.20. The number of rotatable bonds is 7. The molecule has 30 heavy (non-hydrogen) atoms. The number of hydrogen-bond donors (Lipinski definition) is 2. The van der Waals surface area contributed by atoms with Gasteiger partial charge in [0.2, 0.25) is 0 Å². The van der Waals surface area contributed by atoms with E-state index in [1.807, 2.05) is 13.8 Å². The summed E-state index contributed by atoms with van der Waals surface area (Å²) in [5.41, 5.74) is 1.92. The molecule has 0 unspecified atom stereocenters. The molecule has 3 rings (SSSR count). The zero-order chi connectivity index (χ0) is 21.9. The number of benzene rings is 3. The third-order valence-electron chi connectivity index (χ3n) is 4.33. The van der Waals surface area contributed by atoms with E-state index in [1.165, 1.54) is 42.5 Å². The molecule has 0 bridgehead atoms. The fourth-order valence-electron chi connectivity index (χ4n) is 2.65. The van der Waals surface area contributed by atoms with Gasteiger partial charge >= 0.3 is 0 Å². The first-order chi connectivity index (χ1) is 14.1. The minimum Gasteiger partial charge on any atom is -0.298 e. The van der Waals surface area contributed by atoms with E-state index in [1.54, 1.807) is 24.3 Å². The highest BCUT2D eigenvalue weighted by atomic mass is 32.2. The van der Waals surface area contributed by atoms with E-state index in [4.69, 9.17) is 0 Å². The van der Waals surface area contributed by atoms with Crippen LogP contribution in [-0.2, 0) is 20.0 Å². The first-order valence-corrected chi connectivity index (χ1v) is 11.9. The van der Waals surface area contributed by atoms with Crippen LogP contribution in [0.3, 0.4) is 0 Å².